The molecule has 0 aromatic heterocycles. The summed E-state index contributed by atoms with van der Waals surface area (Å²) in [6.07, 6.45) is 2.00. The summed E-state index contributed by atoms with van der Waals surface area (Å²) in [7, 11) is 0. The largest absolute Gasteiger partial charge is 0.489 e. The molecule has 2 saturated heterocycles. The highest BCUT2D eigenvalue weighted by Crippen LogP contribution is 2.32. The van der Waals surface area contributed by atoms with E-state index in [-0.39, 0.29) is 11.8 Å². The number of likely N-dealkylation sites (tertiary alicyclic amines) is 1. The first kappa shape index (κ1) is 18.8. The third kappa shape index (κ3) is 5.00. The molecule has 0 radical (unpaired) electrons. The molecule has 0 saturated carbocycles. The normalized spacial score (nSPS) is 22.0. The summed E-state index contributed by atoms with van der Waals surface area (Å²) in [5, 5.41) is 1.04. The second-order valence-electron chi connectivity index (χ2n) is 6.48. The minimum absolute atomic E-state index is 0.0794. The Bertz CT molecular complexity index is 573. The van der Waals surface area contributed by atoms with Crippen molar-refractivity contribution in [3.05, 3.63) is 28.2 Å². The number of piperidine rings is 1. The van der Waals surface area contributed by atoms with E-state index >= 15 is 0 Å². The maximum atomic E-state index is 12.7. The highest BCUT2D eigenvalue weighted by atomic mass is 35.5. The van der Waals surface area contributed by atoms with Gasteiger partial charge in [0.25, 0.3) is 0 Å². The fraction of sp³-hybridized carbons (Fsp3) is 0.611. The van der Waals surface area contributed by atoms with Crippen LogP contribution in [0, 0.1) is 5.92 Å². The zero-order valence-corrected chi connectivity index (χ0v) is 15.8. The molecule has 7 heteroatoms. The number of amides is 1. The summed E-state index contributed by atoms with van der Waals surface area (Å²) in [4.78, 5) is 16.9. The summed E-state index contributed by atoms with van der Waals surface area (Å²) in [6, 6.07) is 5.32. The van der Waals surface area contributed by atoms with Crippen LogP contribution in [0.5, 0.6) is 5.75 Å². The smallest absolute Gasteiger partial charge is 0.227 e. The van der Waals surface area contributed by atoms with Crippen LogP contribution in [0.15, 0.2) is 18.2 Å². The third-order valence-corrected chi connectivity index (χ3v) is 5.35. The lowest BCUT2D eigenvalue weighted by atomic mass is 9.96. The lowest BCUT2D eigenvalue weighted by molar-refractivity contribution is -0.141. The van der Waals surface area contributed by atoms with Crippen molar-refractivity contribution in [1.82, 2.24) is 9.80 Å². The molecule has 1 aromatic carbocycles. The Kier molecular flexibility index (Phi) is 6.82. The van der Waals surface area contributed by atoms with Gasteiger partial charge < -0.3 is 14.4 Å². The Labute approximate surface area is 158 Å². The number of halogens is 2. The standard InChI is InChI=1S/C18H24Cl2N2O3/c19-15-4-1-5-16(20)17(15)25-12-7-21-6-2-3-14(13-21)18(23)22-8-10-24-11-9-22/h1,4-5,14H,2-3,6-13H2. The second kappa shape index (κ2) is 9.08. The number of morpholine rings is 1. The van der Waals surface area contributed by atoms with E-state index < -0.39 is 0 Å². The average Bonchev–Trinajstić information content (AvgIpc) is 2.64. The van der Waals surface area contributed by atoms with Crippen LogP contribution >= 0.6 is 23.2 Å². The summed E-state index contributed by atoms with van der Waals surface area (Å²) in [5.41, 5.74) is 0. The molecular formula is C18H24Cl2N2O3. The minimum Gasteiger partial charge on any atom is -0.489 e. The van der Waals surface area contributed by atoms with Crippen LogP contribution in [0.1, 0.15) is 12.8 Å². The van der Waals surface area contributed by atoms with Crippen molar-refractivity contribution in [1.29, 1.82) is 0 Å². The number of rotatable bonds is 5. The van der Waals surface area contributed by atoms with Gasteiger partial charge in [-0.3, -0.25) is 9.69 Å². The van der Waals surface area contributed by atoms with Gasteiger partial charge in [-0.05, 0) is 31.5 Å². The van der Waals surface area contributed by atoms with E-state index in [1.165, 1.54) is 0 Å². The van der Waals surface area contributed by atoms with Crippen LogP contribution in [-0.4, -0.2) is 68.3 Å². The Hall–Kier alpha value is -1.01. The number of para-hydroxylation sites is 1. The van der Waals surface area contributed by atoms with Gasteiger partial charge in [-0.15, -0.1) is 0 Å². The van der Waals surface area contributed by atoms with Gasteiger partial charge in [-0.1, -0.05) is 29.3 Å². The quantitative estimate of drug-likeness (QED) is 0.779. The predicted molar refractivity (Wildman–Crippen MR) is 98.5 cm³/mol. The van der Waals surface area contributed by atoms with Gasteiger partial charge in [-0.2, -0.15) is 0 Å². The molecule has 25 heavy (non-hydrogen) atoms. The average molecular weight is 387 g/mol. The molecule has 0 bridgehead atoms. The van der Waals surface area contributed by atoms with E-state index in [4.69, 9.17) is 32.7 Å². The zero-order valence-electron chi connectivity index (χ0n) is 14.3. The van der Waals surface area contributed by atoms with Gasteiger partial charge in [0, 0.05) is 26.2 Å². The summed E-state index contributed by atoms with van der Waals surface area (Å²) < 4.78 is 11.1. The SMILES string of the molecule is O=C(C1CCCN(CCOc2c(Cl)cccc2Cl)C1)N1CCOCC1. The lowest BCUT2D eigenvalue weighted by Gasteiger charge is -2.36. The predicted octanol–water partition coefficient (Wildman–Crippen LogP) is 2.94. The Morgan fingerprint density at radius 1 is 1.20 bits per heavy atom. The molecule has 0 spiro atoms. The molecule has 5 nitrogen and oxygen atoms in total. The summed E-state index contributed by atoms with van der Waals surface area (Å²) >= 11 is 12.2. The molecule has 0 N–H and O–H groups in total. The molecule has 1 aromatic rings. The third-order valence-electron chi connectivity index (χ3n) is 4.75. The first-order chi connectivity index (χ1) is 12.1. The number of hydrogen-bond acceptors (Lipinski definition) is 4. The number of hydrogen-bond donors (Lipinski definition) is 0. The van der Waals surface area contributed by atoms with Gasteiger partial charge in [0.1, 0.15) is 6.61 Å². The molecule has 138 valence electrons. The van der Waals surface area contributed by atoms with Crippen LogP contribution < -0.4 is 4.74 Å². The van der Waals surface area contributed by atoms with E-state index in [1.54, 1.807) is 18.2 Å². The second-order valence-corrected chi connectivity index (χ2v) is 7.29. The molecule has 2 aliphatic heterocycles. The maximum absolute atomic E-state index is 12.7. The Morgan fingerprint density at radius 3 is 2.64 bits per heavy atom. The number of benzene rings is 1. The summed E-state index contributed by atoms with van der Waals surface area (Å²) in [5.74, 6) is 0.877. The lowest BCUT2D eigenvalue weighted by Crippen LogP contribution is -2.48. The molecule has 1 unspecified atom stereocenters. The monoisotopic (exact) mass is 386 g/mol. The summed E-state index contributed by atoms with van der Waals surface area (Å²) in [6.45, 7) is 5.76. The maximum Gasteiger partial charge on any atom is 0.227 e. The van der Waals surface area contributed by atoms with E-state index in [2.05, 4.69) is 4.90 Å². The number of nitrogens with zero attached hydrogens (tertiary/aromatic N) is 2. The van der Waals surface area contributed by atoms with Gasteiger partial charge in [0.2, 0.25) is 5.91 Å². The molecule has 2 aliphatic rings. The van der Waals surface area contributed by atoms with Crippen LogP contribution in [-0.2, 0) is 9.53 Å². The van der Waals surface area contributed by atoms with Crippen molar-refractivity contribution in [2.24, 2.45) is 5.92 Å². The molecule has 2 heterocycles. The Morgan fingerprint density at radius 2 is 1.92 bits per heavy atom. The van der Waals surface area contributed by atoms with Crippen LogP contribution in [0.2, 0.25) is 10.0 Å². The fourth-order valence-electron chi connectivity index (χ4n) is 3.40. The van der Waals surface area contributed by atoms with Crippen molar-refractivity contribution in [3.63, 3.8) is 0 Å². The van der Waals surface area contributed by atoms with Crippen molar-refractivity contribution >= 4 is 29.1 Å². The van der Waals surface area contributed by atoms with Gasteiger partial charge in [0.05, 0.1) is 29.2 Å². The first-order valence-electron chi connectivity index (χ1n) is 8.81. The first-order valence-corrected chi connectivity index (χ1v) is 9.56. The Balaban J connectivity index is 1.47. The van der Waals surface area contributed by atoms with Gasteiger partial charge in [-0.25, -0.2) is 0 Å². The number of carbonyl (C=O) groups is 1. The molecule has 2 fully saturated rings. The van der Waals surface area contributed by atoms with Crippen molar-refractivity contribution < 1.29 is 14.3 Å². The van der Waals surface area contributed by atoms with E-state index in [0.717, 1.165) is 32.5 Å². The minimum atomic E-state index is 0.0794. The molecule has 0 aliphatic carbocycles. The number of carbonyl (C=O) groups excluding carboxylic acids is 1. The van der Waals surface area contributed by atoms with E-state index in [0.29, 0.717) is 48.7 Å². The fourth-order valence-corrected chi connectivity index (χ4v) is 3.91. The molecule has 1 amide bonds. The topological polar surface area (TPSA) is 42.0 Å². The number of ether oxygens (including phenoxy) is 2. The van der Waals surface area contributed by atoms with E-state index in [9.17, 15) is 4.79 Å². The molecular weight excluding hydrogens is 363 g/mol. The zero-order chi connectivity index (χ0) is 17.6. The van der Waals surface area contributed by atoms with E-state index in [1.807, 2.05) is 4.90 Å². The molecule has 3 rings (SSSR count). The van der Waals surface area contributed by atoms with Crippen LogP contribution in [0.25, 0.3) is 0 Å². The van der Waals surface area contributed by atoms with Gasteiger partial charge in [0.15, 0.2) is 5.75 Å². The van der Waals surface area contributed by atoms with Crippen LogP contribution in [0.4, 0.5) is 0 Å². The molecule has 1 atom stereocenters. The highest BCUT2D eigenvalue weighted by molar-refractivity contribution is 6.37. The van der Waals surface area contributed by atoms with Gasteiger partial charge >= 0.3 is 0 Å². The van der Waals surface area contributed by atoms with Crippen molar-refractivity contribution in [2.45, 2.75) is 12.8 Å². The van der Waals surface area contributed by atoms with Crippen molar-refractivity contribution in [2.75, 3.05) is 52.5 Å². The van der Waals surface area contributed by atoms with Crippen molar-refractivity contribution in [3.8, 4) is 5.75 Å². The van der Waals surface area contributed by atoms with Crippen LogP contribution in [0.3, 0.4) is 0 Å². The highest BCUT2D eigenvalue weighted by Gasteiger charge is 2.29.